The van der Waals surface area contributed by atoms with Gasteiger partial charge in [0.1, 0.15) is 6.04 Å². The standard InChI is InChI=1S/C15H23N3O3/c1-5-10(2)13(14(19)20)17-15(21)16-11-8-6-7-9-12(11)18(3)4/h6-10,13H,5H2,1-4H3,(H,19,20)(H2,16,17,21). The lowest BCUT2D eigenvalue weighted by molar-refractivity contribution is -0.140. The number of anilines is 2. The topological polar surface area (TPSA) is 81.7 Å². The summed E-state index contributed by atoms with van der Waals surface area (Å²) in [5.74, 6) is -1.17. The number of nitrogens with zero attached hydrogens (tertiary/aromatic N) is 1. The highest BCUT2D eigenvalue weighted by Crippen LogP contribution is 2.23. The molecule has 3 N–H and O–H groups in total. The molecular formula is C15H23N3O3. The molecule has 2 unspecified atom stereocenters. The first kappa shape index (κ1) is 16.8. The lowest BCUT2D eigenvalue weighted by Gasteiger charge is -2.22. The first-order chi connectivity index (χ1) is 9.86. The average Bonchev–Trinajstić information content (AvgIpc) is 2.44. The minimum atomic E-state index is -1.03. The van der Waals surface area contributed by atoms with Gasteiger partial charge in [0.15, 0.2) is 0 Å². The molecule has 116 valence electrons. The Hall–Kier alpha value is -2.24. The lowest BCUT2D eigenvalue weighted by Crippen LogP contribution is -2.46. The highest BCUT2D eigenvalue weighted by atomic mass is 16.4. The van der Waals surface area contributed by atoms with Crippen LogP contribution in [0.2, 0.25) is 0 Å². The molecule has 6 nitrogen and oxygen atoms in total. The molecular weight excluding hydrogens is 270 g/mol. The van der Waals surface area contributed by atoms with Gasteiger partial charge < -0.3 is 20.6 Å². The summed E-state index contributed by atoms with van der Waals surface area (Å²) in [6.45, 7) is 3.69. The number of aliphatic carboxylic acids is 1. The third-order valence-electron chi connectivity index (χ3n) is 3.40. The summed E-state index contributed by atoms with van der Waals surface area (Å²) in [5, 5.41) is 14.4. The van der Waals surface area contributed by atoms with Crippen molar-refractivity contribution in [1.82, 2.24) is 5.32 Å². The molecule has 0 aliphatic heterocycles. The van der Waals surface area contributed by atoms with Crippen LogP contribution in [0.3, 0.4) is 0 Å². The van der Waals surface area contributed by atoms with Crippen LogP contribution in [-0.2, 0) is 4.79 Å². The molecule has 0 heterocycles. The molecule has 1 aromatic rings. The van der Waals surface area contributed by atoms with Crippen molar-refractivity contribution in [3.8, 4) is 0 Å². The van der Waals surface area contributed by atoms with Crippen LogP contribution >= 0.6 is 0 Å². The summed E-state index contributed by atoms with van der Waals surface area (Å²) in [7, 11) is 3.75. The van der Waals surface area contributed by atoms with Crippen LogP contribution in [0, 0.1) is 5.92 Å². The summed E-state index contributed by atoms with van der Waals surface area (Å²) < 4.78 is 0. The highest BCUT2D eigenvalue weighted by Gasteiger charge is 2.25. The number of carbonyl (C=O) groups is 2. The van der Waals surface area contributed by atoms with Gasteiger partial charge >= 0.3 is 12.0 Å². The Morgan fingerprint density at radius 1 is 1.29 bits per heavy atom. The van der Waals surface area contributed by atoms with Crippen LogP contribution < -0.4 is 15.5 Å². The van der Waals surface area contributed by atoms with E-state index in [0.29, 0.717) is 12.1 Å². The van der Waals surface area contributed by atoms with Crippen molar-refractivity contribution in [2.75, 3.05) is 24.3 Å². The number of hydrogen-bond donors (Lipinski definition) is 3. The number of nitrogens with one attached hydrogen (secondary N) is 2. The van der Waals surface area contributed by atoms with E-state index < -0.39 is 18.0 Å². The van der Waals surface area contributed by atoms with Gasteiger partial charge in [-0.05, 0) is 18.1 Å². The molecule has 2 atom stereocenters. The highest BCUT2D eigenvalue weighted by molar-refractivity contribution is 5.95. The van der Waals surface area contributed by atoms with Gasteiger partial charge in [-0.25, -0.2) is 9.59 Å². The van der Waals surface area contributed by atoms with E-state index >= 15 is 0 Å². The number of carbonyl (C=O) groups excluding carboxylic acids is 1. The molecule has 0 spiro atoms. The third-order valence-corrected chi connectivity index (χ3v) is 3.40. The fourth-order valence-corrected chi connectivity index (χ4v) is 1.95. The number of carboxylic acids is 1. The van der Waals surface area contributed by atoms with E-state index in [-0.39, 0.29) is 5.92 Å². The van der Waals surface area contributed by atoms with Crippen LogP contribution in [0.4, 0.5) is 16.2 Å². The quantitative estimate of drug-likeness (QED) is 0.752. The number of hydrogen-bond acceptors (Lipinski definition) is 3. The second kappa shape index (κ2) is 7.52. The molecule has 2 amide bonds. The van der Waals surface area contributed by atoms with Gasteiger partial charge in [0, 0.05) is 14.1 Å². The summed E-state index contributed by atoms with van der Waals surface area (Å²) in [6.07, 6.45) is 0.672. The van der Waals surface area contributed by atoms with E-state index in [4.69, 9.17) is 0 Å². The minimum Gasteiger partial charge on any atom is -0.480 e. The Kier molecular flexibility index (Phi) is 6.02. The van der Waals surface area contributed by atoms with Crippen molar-refractivity contribution in [2.24, 2.45) is 5.92 Å². The average molecular weight is 293 g/mol. The van der Waals surface area contributed by atoms with E-state index in [1.54, 1.807) is 13.0 Å². The van der Waals surface area contributed by atoms with Crippen molar-refractivity contribution in [3.05, 3.63) is 24.3 Å². The second-order valence-corrected chi connectivity index (χ2v) is 5.21. The summed E-state index contributed by atoms with van der Waals surface area (Å²) >= 11 is 0. The number of amides is 2. The smallest absolute Gasteiger partial charge is 0.326 e. The number of para-hydroxylation sites is 2. The predicted molar refractivity (Wildman–Crippen MR) is 83.8 cm³/mol. The maximum absolute atomic E-state index is 12.0. The zero-order chi connectivity index (χ0) is 16.0. The van der Waals surface area contributed by atoms with Gasteiger partial charge in [0.25, 0.3) is 0 Å². The summed E-state index contributed by atoms with van der Waals surface area (Å²) in [6, 6.07) is 5.91. The molecule has 0 bridgehead atoms. The van der Waals surface area contributed by atoms with Gasteiger partial charge in [-0.2, -0.15) is 0 Å². The van der Waals surface area contributed by atoms with E-state index in [1.807, 2.05) is 44.1 Å². The Morgan fingerprint density at radius 2 is 1.90 bits per heavy atom. The van der Waals surface area contributed by atoms with E-state index in [9.17, 15) is 14.7 Å². The molecule has 1 rings (SSSR count). The minimum absolute atomic E-state index is 0.141. The van der Waals surface area contributed by atoms with Crippen molar-refractivity contribution in [3.63, 3.8) is 0 Å². The first-order valence-corrected chi connectivity index (χ1v) is 6.93. The van der Waals surface area contributed by atoms with Gasteiger partial charge in [0.05, 0.1) is 11.4 Å². The number of benzene rings is 1. The molecule has 0 aliphatic carbocycles. The Morgan fingerprint density at radius 3 is 2.43 bits per heavy atom. The van der Waals surface area contributed by atoms with Crippen LogP contribution in [0.1, 0.15) is 20.3 Å². The Labute approximate surface area is 125 Å². The largest absolute Gasteiger partial charge is 0.480 e. The van der Waals surface area contributed by atoms with Crippen LogP contribution in [-0.4, -0.2) is 37.2 Å². The van der Waals surface area contributed by atoms with Crippen LogP contribution in [0.15, 0.2) is 24.3 Å². The molecule has 6 heteroatoms. The molecule has 0 fully saturated rings. The number of rotatable bonds is 6. The Balaban J connectivity index is 2.80. The fraction of sp³-hybridized carbons (Fsp3) is 0.467. The second-order valence-electron chi connectivity index (χ2n) is 5.21. The Bertz CT molecular complexity index is 503. The van der Waals surface area contributed by atoms with Crippen molar-refractivity contribution in [2.45, 2.75) is 26.3 Å². The van der Waals surface area contributed by atoms with Gasteiger partial charge in [-0.15, -0.1) is 0 Å². The SMILES string of the molecule is CCC(C)C(NC(=O)Nc1ccccc1N(C)C)C(=O)O. The number of urea groups is 1. The lowest BCUT2D eigenvalue weighted by atomic mass is 9.99. The maximum atomic E-state index is 12.0. The van der Waals surface area contributed by atoms with Crippen LogP contribution in [0.25, 0.3) is 0 Å². The fourth-order valence-electron chi connectivity index (χ4n) is 1.95. The molecule has 0 aliphatic rings. The van der Waals surface area contributed by atoms with Crippen molar-refractivity contribution >= 4 is 23.4 Å². The van der Waals surface area contributed by atoms with Crippen LogP contribution in [0.5, 0.6) is 0 Å². The molecule has 0 saturated heterocycles. The summed E-state index contributed by atoms with van der Waals surface area (Å²) in [5.41, 5.74) is 1.48. The molecule has 0 aromatic heterocycles. The van der Waals surface area contributed by atoms with Gasteiger partial charge in [0.2, 0.25) is 0 Å². The van der Waals surface area contributed by atoms with E-state index in [2.05, 4.69) is 10.6 Å². The third kappa shape index (κ3) is 4.66. The molecule has 1 aromatic carbocycles. The number of carboxylic acid groups (broad SMARTS) is 1. The zero-order valence-electron chi connectivity index (χ0n) is 12.9. The van der Waals surface area contributed by atoms with Gasteiger partial charge in [-0.3, -0.25) is 0 Å². The van der Waals surface area contributed by atoms with Crippen molar-refractivity contribution < 1.29 is 14.7 Å². The maximum Gasteiger partial charge on any atom is 0.326 e. The normalized spacial score (nSPS) is 13.1. The van der Waals surface area contributed by atoms with Gasteiger partial charge in [-0.1, -0.05) is 32.4 Å². The molecule has 21 heavy (non-hydrogen) atoms. The first-order valence-electron chi connectivity index (χ1n) is 6.93. The van der Waals surface area contributed by atoms with E-state index in [1.165, 1.54) is 0 Å². The zero-order valence-corrected chi connectivity index (χ0v) is 12.9. The summed E-state index contributed by atoms with van der Waals surface area (Å²) in [4.78, 5) is 25.1. The predicted octanol–water partition coefficient (Wildman–Crippen LogP) is 2.37. The monoisotopic (exact) mass is 293 g/mol. The molecule has 0 radical (unpaired) electrons. The van der Waals surface area contributed by atoms with Crippen molar-refractivity contribution in [1.29, 1.82) is 0 Å². The molecule has 0 saturated carbocycles. The van der Waals surface area contributed by atoms with E-state index in [0.717, 1.165) is 5.69 Å².